The predicted octanol–water partition coefficient (Wildman–Crippen LogP) is 1.69. The fourth-order valence-corrected chi connectivity index (χ4v) is 2.06. The largest absolute Gasteiger partial charge is 0.394 e. The van der Waals surface area contributed by atoms with Gasteiger partial charge in [0.1, 0.15) is 0 Å². The number of carbonyl (C=O) groups excluding carboxylic acids is 2. The SMILES string of the molecule is C.C.NC(Cc1ccccc1)C(=O)NCC(=O)CCCCOCCO. The van der Waals surface area contributed by atoms with Crippen molar-refractivity contribution in [1.29, 1.82) is 0 Å². The molecule has 0 saturated heterocycles. The van der Waals surface area contributed by atoms with E-state index in [1.807, 2.05) is 30.3 Å². The molecule has 0 spiro atoms. The van der Waals surface area contributed by atoms with Gasteiger partial charge in [-0.15, -0.1) is 0 Å². The minimum absolute atomic E-state index is 0. The minimum Gasteiger partial charge on any atom is -0.394 e. The highest BCUT2D eigenvalue weighted by molar-refractivity contribution is 5.88. The molecule has 0 aliphatic rings. The normalized spacial score (nSPS) is 11.0. The Balaban J connectivity index is 0. The zero-order valence-electron chi connectivity index (χ0n) is 13.4. The van der Waals surface area contributed by atoms with E-state index in [2.05, 4.69) is 5.32 Å². The molecule has 1 aromatic carbocycles. The number of hydrogen-bond donors (Lipinski definition) is 3. The van der Waals surface area contributed by atoms with Gasteiger partial charge in [-0.1, -0.05) is 45.2 Å². The van der Waals surface area contributed by atoms with Crippen molar-refractivity contribution in [2.45, 2.75) is 46.6 Å². The standard InChI is InChI=1S/C17H26N2O4.2CH4/c18-16(12-14-6-2-1-3-7-14)17(22)19-13-15(21)8-4-5-10-23-11-9-20;;/h1-3,6-7,16,20H,4-5,8-13,18H2,(H,19,22);2*1H4. The number of rotatable bonds is 12. The van der Waals surface area contributed by atoms with E-state index < -0.39 is 6.04 Å². The molecule has 1 atom stereocenters. The molecule has 4 N–H and O–H groups in total. The summed E-state index contributed by atoms with van der Waals surface area (Å²) >= 11 is 0. The van der Waals surface area contributed by atoms with Crippen LogP contribution in [-0.4, -0.2) is 49.2 Å². The molecule has 6 heteroatoms. The van der Waals surface area contributed by atoms with Crippen LogP contribution >= 0.6 is 0 Å². The first-order valence-corrected chi connectivity index (χ1v) is 7.91. The topological polar surface area (TPSA) is 102 Å². The number of ketones is 1. The summed E-state index contributed by atoms with van der Waals surface area (Å²) in [5, 5.41) is 11.1. The Kier molecular flexibility index (Phi) is 16.1. The van der Waals surface area contributed by atoms with E-state index in [-0.39, 0.29) is 39.7 Å². The molecule has 0 saturated carbocycles. The summed E-state index contributed by atoms with van der Waals surface area (Å²) in [6, 6.07) is 8.87. The molecular formula is C19H34N2O4. The molecule has 0 fully saturated rings. The van der Waals surface area contributed by atoms with Gasteiger partial charge in [-0.25, -0.2) is 0 Å². The molecule has 0 heterocycles. The molecule has 6 nitrogen and oxygen atoms in total. The van der Waals surface area contributed by atoms with Gasteiger partial charge in [0.05, 0.1) is 25.8 Å². The van der Waals surface area contributed by atoms with Crippen LogP contribution in [0.3, 0.4) is 0 Å². The maximum absolute atomic E-state index is 11.9. The van der Waals surface area contributed by atoms with Crippen LogP contribution in [0.4, 0.5) is 0 Å². The molecule has 144 valence electrons. The van der Waals surface area contributed by atoms with Crippen molar-refractivity contribution in [3.8, 4) is 0 Å². The highest BCUT2D eigenvalue weighted by atomic mass is 16.5. The molecule has 0 radical (unpaired) electrons. The predicted molar refractivity (Wildman–Crippen MR) is 101 cm³/mol. The van der Waals surface area contributed by atoms with Gasteiger partial charge in [-0.05, 0) is 24.8 Å². The third kappa shape index (κ3) is 12.3. The number of nitrogens with two attached hydrogens (primary N) is 1. The van der Waals surface area contributed by atoms with Crippen molar-refractivity contribution in [2.24, 2.45) is 5.73 Å². The number of benzene rings is 1. The van der Waals surface area contributed by atoms with Gasteiger partial charge in [0.25, 0.3) is 0 Å². The zero-order chi connectivity index (χ0) is 16.9. The highest BCUT2D eigenvalue weighted by Gasteiger charge is 2.14. The van der Waals surface area contributed by atoms with Crippen molar-refractivity contribution in [2.75, 3.05) is 26.4 Å². The molecule has 1 aromatic rings. The van der Waals surface area contributed by atoms with E-state index in [1.165, 1.54) is 0 Å². The van der Waals surface area contributed by atoms with E-state index >= 15 is 0 Å². The maximum atomic E-state index is 11.9. The second-order valence-corrected chi connectivity index (χ2v) is 5.35. The number of nitrogens with one attached hydrogen (secondary N) is 1. The molecule has 0 bridgehead atoms. The van der Waals surface area contributed by atoms with E-state index in [0.29, 0.717) is 32.5 Å². The summed E-state index contributed by atoms with van der Waals surface area (Å²) in [6.07, 6.45) is 2.31. The maximum Gasteiger partial charge on any atom is 0.237 e. The van der Waals surface area contributed by atoms with Gasteiger partial charge in [-0.2, -0.15) is 0 Å². The second-order valence-electron chi connectivity index (χ2n) is 5.35. The summed E-state index contributed by atoms with van der Waals surface area (Å²) in [7, 11) is 0. The van der Waals surface area contributed by atoms with Crippen LogP contribution in [0.5, 0.6) is 0 Å². The van der Waals surface area contributed by atoms with E-state index in [0.717, 1.165) is 12.0 Å². The fourth-order valence-electron chi connectivity index (χ4n) is 2.06. The number of ether oxygens (including phenoxy) is 1. The van der Waals surface area contributed by atoms with Crippen LogP contribution in [0.2, 0.25) is 0 Å². The summed E-state index contributed by atoms with van der Waals surface area (Å²) in [6.45, 7) is 0.873. The smallest absolute Gasteiger partial charge is 0.237 e. The lowest BCUT2D eigenvalue weighted by molar-refractivity contribution is -0.126. The van der Waals surface area contributed by atoms with Crippen LogP contribution in [-0.2, 0) is 20.7 Å². The van der Waals surface area contributed by atoms with Crippen LogP contribution in [0.1, 0.15) is 39.7 Å². The molecule has 1 unspecified atom stereocenters. The molecule has 0 aliphatic heterocycles. The van der Waals surface area contributed by atoms with Gasteiger partial charge in [0, 0.05) is 13.0 Å². The van der Waals surface area contributed by atoms with E-state index in [1.54, 1.807) is 0 Å². The zero-order valence-corrected chi connectivity index (χ0v) is 13.4. The molecular weight excluding hydrogens is 320 g/mol. The summed E-state index contributed by atoms with van der Waals surface area (Å²) < 4.78 is 5.10. The third-order valence-electron chi connectivity index (χ3n) is 3.32. The lowest BCUT2D eigenvalue weighted by atomic mass is 10.1. The number of aliphatic hydroxyl groups excluding tert-OH is 1. The lowest BCUT2D eigenvalue weighted by Crippen LogP contribution is -2.43. The van der Waals surface area contributed by atoms with Crippen molar-refractivity contribution >= 4 is 11.7 Å². The molecule has 1 amide bonds. The quantitative estimate of drug-likeness (QED) is 0.496. The third-order valence-corrected chi connectivity index (χ3v) is 3.32. The van der Waals surface area contributed by atoms with Gasteiger partial charge in [0.2, 0.25) is 5.91 Å². The number of carbonyl (C=O) groups is 2. The van der Waals surface area contributed by atoms with Crippen molar-refractivity contribution < 1.29 is 19.4 Å². The highest BCUT2D eigenvalue weighted by Crippen LogP contribution is 2.02. The number of hydrogen-bond acceptors (Lipinski definition) is 5. The lowest BCUT2D eigenvalue weighted by Gasteiger charge is -2.12. The van der Waals surface area contributed by atoms with Crippen LogP contribution in [0.15, 0.2) is 30.3 Å². The number of unbranched alkanes of at least 4 members (excludes halogenated alkanes) is 1. The first-order chi connectivity index (χ1) is 11.1. The molecule has 0 aliphatic carbocycles. The molecule has 1 rings (SSSR count). The Morgan fingerprint density at radius 1 is 1.12 bits per heavy atom. The van der Waals surface area contributed by atoms with Gasteiger partial charge in [-0.3, -0.25) is 9.59 Å². The Bertz CT molecular complexity index is 466. The van der Waals surface area contributed by atoms with Crippen LogP contribution < -0.4 is 11.1 Å². The second kappa shape index (κ2) is 15.7. The minimum atomic E-state index is -0.655. The molecule has 25 heavy (non-hydrogen) atoms. The van der Waals surface area contributed by atoms with E-state index in [9.17, 15) is 9.59 Å². The average molecular weight is 354 g/mol. The van der Waals surface area contributed by atoms with Crippen molar-refractivity contribution in [3.63, 3.8) is 0 Å². The first-order valence-electron chi connectivity index (χ1n) is 7.91. The van der Waals surface area contributed by atoms with Crippen LogP contribution in [0, 0.1) is 0 Å². The first kappa shape index (κ1) is 25.5. The van der Waals surface area contributed by atoms with Crippen molar-refractivity contribution in [1.82, 2.24) is 5.32 Å². The van der Waals surface area contributed by atoms with Gasteiger partial charge >= 0.3 is 0 Å². The monoisotopic (exact) mass is 354 g/mol. The van der Waals surface area contributed by atoms with Gasteiger partial charge < -0.3 is 20.9 Å². The number of amides is 1. The fraction of sp³-hybridized carbons (Fsp3) is 0.579. The average Bonchev–Trinajstić information content (AvgIpc) is 2.56. The number of Topliss-reactive ketones (excluding diaryl/α,β-unsaturated/α-hetero) is 1. The Morgan fingerprint density at radius 2 is 1.80 bits per heavy atom. The van der Waals surface area contributed by atoms with Crippen molar-refractivity contribution in [3.05, 3.63) is 35.9 Å². The Morgan fingerprint density at radius 3 is 2.44 bits per heavy atom. The van der Waals surface area contributed by atoms with Crippen LogP contribution in [0.25, 0.3) is 0 Å². The number of aliphatic hydroxyl groups is 1. The van der Waals surface area contributed by atoms with Gasteiger partial charge in [0.15, 0.2) is 5.78 Å². The Labute approximate surface area is 151 Å². The Hall–Kier alpha value is -1.76. The molecule has 0 aromatic heterocycles. The van der Waals surface area contributed by atoms with E-state index in [4.69, 9.17) is 15.6 Å². The summed E-state index contributed by atoms with van der Waals surface area (Å²) in [5.74, 6) is -0.332. The summed E-state index contributed by atoms with van der Waals surface area (Å²) in [4.78, 5) is 23.5. The summed E-state index contributed by atoms with van der Waals surface area (Å²) in [5.41, 5.74) is 6.83.